The highest BCUT2D eigenvalue weighted by atomic mass is 16.4. The first-order valence-electron chi connectivity index (χ1n) is 5.66. The molecule has 2 rings (SSSR count). The second-order valence-electron chi connectivity index (χ2n) is 4.32. The molecular formula is C13H14N2O2. The largest absolute Gasteiger partial charge is 0.481 e. The number of carbonyl (C=O) groups is 1. The van der Waals surface area contributed by atoms with E-state index >= 15 is 0 Å². The molecule has 0 spiro atoms. The Hall–Kier alpha value is -1.86. The summed E-state index contributed by atoms with van der Waals surface area (Å²) in [7, 11) is 0. The Balaban J connectivity index is 1.90. The van der Waals surface area contributed by atoms with Gasteiger partial charge in [0.15, 0.2) is 0 Å². The number of hydrogen-bond acceptors (Lipinski definition) is 3. The van der Waals surface area contributed by atoms with Crippen LogP contribution >= 0.6 is 0 Å². The normalized spacial score (nSPS) is 22.5. The molecule has 0 aliphatic heterocycles. The van der Waals surface area contributed by atoms with Crippen molar-refractivity contribution in [3.63, 3.8) is 0 Å². The lowest BCUT2D eigenvalue weighted by Gasteiger charge is -2.34. The molecule has 1 aromatic carbocycles. The molecule has 17 heavy (non-hydrogen) atoms. The van der Waals surface area contributed by atoms with Gasteiger partial charge in [-0.05, 0) is 30.5 Å². The fourth-order valence-electron chi connectivity index (χ4n) is 2.04. The van der Waals surface area contributed by atoms with Gasteiger partial charge >= 0.3 is 5.97 Å². The third kappa shape index (κ3) is 2.63. The summed E-state index contributed by atoms with van der Waals surface area (Å²) in [6.07, 6.45) is 1.67. The van der Waals surface area contributed by atoms with E-state index < -0.39 is 5.97 Å². The van der Waals surface area contributed by atoms with Crippen LogP contribution in [-0.2, 0) is 11.3 Å². The number of aliphatic carboxylic acids is 1. The van der Waals surface area contributed by atoms with Crippen LogP contribution in [0, 0.1) is 17.2 Å². The van der Waals surface area contributed by atoms with Crippen molar-refractivity contribution in [3.05, 3.63) is 35.4 Å². The number of carboxylic acids is 1. The molecule has 0 radical (unpaired) electrons. The van der Waals surface area contributed by atoms with Crippen molar-refractivity contribution in [2.75, 3.05) is 0 Å². The number of nitrogens with one attached hydrogen (secondary N) is 1. The van der Waals surface area contributed by atoms with Crippen LogP contribution in [0.5, 0.6) is 0 Å². The number of hydrogen-bond donors (Lipinski definition) is 2. The van der Waals surface area contributed by atoms with Crippen molar-refractivity contribution < 1.29 is 9.90 Å². The summed E-state index contributed by atoms with van der Waals surface area (Å²) in [5, 5.41) is 20.9. The molecule has 1 aliphatic carbocycles. The van der Waals surface area contributed by atoms with E-state index in [1.54, 1.807) is 6.07 Å². The van der Waals surface area contributed by atoms with E-state index in [1.807, 2.05) is 18.2 Å². The van der Waals surface area contributed by atoms with Gasteiger partial charge in [0, 0.05) is 12.6 Å². The Labute approximate surface area is 99.9 Å². The first kappa shape index (κ1) is 11.6. The van der Waals surface area contributed by atoms with Gasteiger partial charge in [0.25, 0.3) is 0 Å². The highest BCUT2D eigenvalue weighted by Crippen LogP contribution is 2.27. The van der Waals surface area contributed by atoms with Gasteiger partial charge in [-0.15, -0.1) is 0 Å². The molecule has 0 heterocycles. The summed E-state index contributed by atoms with van der Waals surface area (Å²) in [5.41, 5.74) is 1.65. The van der Waals surface area contributed by atoms with Crippen LogP contribution in [0.25, 0.3) is 0 Å². The van der Waals surface area contributed by atoms with Crippen LogP contribution in [0.4, 0.5) is 0 Å². The fourth-order valence-corrected chi connectivity index (χ4v) is 2.04. The van der Waals surface area contributed by atoms with E-state index in [2.05, 4.69) is 11.4 Å². The standard InChI is InChI=1S/C13H14N2O2/c14-7-9-2-1-3-10(6-9)8-15-12-5-4-11(12)13(16)17/h1-3,6,11-12,15H,4-5,8H2,(H,16,17). The maximum atomic E-state index is 10.8. The fraction of sp³-hybridized carbons (Fsp3) is 0.385. The van der Waals surface area contributed by atoms with E-state index in [4.69, 9.17) is 10.4 Å². The summed E-state index contributed by atoms with van der Waals surface area (Å²) in [4.78, 5) is 10.8. The monoisotopic (exact) mass is 230 g/mol. The van der Waals surface area contributed by atoms with E-state index in [9.17, 15) is 4.79 Å². The molecule has 2 unspecified atom stereocenters. The van der Waals surface area contributed by atoms with E-state index in [-0.39, 0.29) is 12.0 Å². The molecule has 2 atom stereocenters. The number of benzene rings is 1. The number of nitrogens with zero attached hydrogens (tertiary/aromatic N) is 1. The minimum absolute atomic E-state index is 0.0678. The SMILES string of the molecule is N#Cc1cccc(CNC2CCC2C(=O)O)c1. The minimum Gasteiger partial charge on any atom is -0.481 e. The lowest BCUT2D eigenvalue weighted by atomic mass is 9.79. The quantitative estimate of drug-likeness (QED) is 0.822. The molecule has 0 saturated heterocycles. The summed E-state index contributed by atoms with van der Waals surface area (Å²) in [6.45, 7) is 0.615. The van der Waals surface area contributed by atoms with Crippen LogP contribution in [0.3, 0.4) is 0 Å². The van der Waals surface area contributed by atoms with Gasteiger partial charge in [-0.2, -0.15) is 5.26 Å². The first-order chi connectivity index (χ1) is 8.20. The van der Waals surface area contributed by atoms with Crippen LogP contribution < -0.4 is 5.32 Å². The zero-order chi connectivity index (χ0) is 12.3. The highest BCUT2D eigenvalue weighted by Gasteiger charge is 2.35. The predicted molar refractivity (Wildman–Crippen MR) is 62.1 cm³/mol. The molecule has 0 aromatic heterocycles. The molecule has 0 bridgehead atoms. The Morgan fingerprint density at radius 1 is 1.53 bits per heavy atom. The highest BCUT2D eigenvalue weighted by molar-refractivity contribution is 5.72. The third-order valence-electron chi connectivity index (χ3n) is 3.22. The van der Waals surface area contributed by atoms with Crippen molar-refractivity contribution in [1.82, 2.24) is 5.32 Å². The predicted octanol–water partition coefficient (Wildman–Crippen LogP) is 1.51. The van der Waals surface area contributed by atoms with Crippen LogP contribution in [-0.4, -0.2) is 17.1 Å². The van der Waals surface area contributed by atoms with Crippen molar-refractivity contribution in [3.8, 4) is 6.07 Å². The van der Waals surface area contributed by atoms with Gasteiger partial charge in [-0.25, -0.2) is 0 Å². The molecule has 4 nitrogen and oxygen atoms in total. The maximum Gasteiger partial charge on any atom is 0.308 e. The summed E-state index contributed by atoms with van der Waals surface area (Å²) < 4.78 is 0. The van der Waals surface area contributed by atoms with Gasteiger partial charge in [0.2, 0.25) is 0 Å². The van der Waals surface area contributed by atoms with Crippen LogP contribution in [0.15, 0.2) is 24.3 Å². The van der Waals surface area contributed by atoms with Gasteiger partial charge in [0.05, 0.1) is 17.6 Å². The summed E-state index contributed by atoms with van der Waals surface area (Å²) >= 11 is 0. The van der Waals surface area contributed by atoms with E-state index in [0.29, 0.717) is 12.1 Å². The van der Waals surface area contributed by atoms with Crippen LogP contribution in [0.1, 0.15) is 24.0 Å². The molecule has 0 amide bonds. The van der Waals surface area contributed by atoms with E-state index in [0.717, 1.165) is 18.4 Å². The number of carboxylic acid groups (broad SMARTS) is 1. The third-order valence-corrected chi connectivity index (χ3v) is 3.22. The molecular weight excluding hydrogens is 216 g/mol. The lowest BCUT2D eigenvalue weighted by molar-refractivity contribution is -0.146. The molecule has 1 aliphatic rings. The average molecular weight is 230 g/mol. The number of rotatable bonds is 4. The van der Waals surface area contributed by atoms with Crippen molar-refractivity contribution in [2.24, 2.45) is 5.92 Å². The Morgan fingerprint density at radius 3 is 2.94 bits per heavy atom. The Morgan fingerprint density at radius 2 is 2.35 bits per heavy atom. The number of nitriles is 1. The Bertz CT molecular complexity index is 465. The maximum absolute atomic E-state index is 10.8. The topological polar surface area (TPSA) is 73.1 Å². The molecule has 1 saturated carbocycles. The second-order valence-corrected chi connectivity index (χ2v) is 4.32. The van der Waals surface area contributed by atoms with Crippen molar-refractivity contribution in [1.29, 1.82) is 5.26 Å². The zero-order valence-corrected chi connectivity index (χ0v) is 9.39. The van der Waals surface area contributed by atoms with Gasteiger partial charge in [-0.3, -0.25) is 4.79 Å². The lowest BCUT2D eigenvalue weighted by Crippen LogP contribution is -2.47. The molecule has 1 aromatic rings. The first-order valence-corrected chi connectivity index (χ1v) is 5.66. The van der Waals surface area contributed by atoms with Gasteiger partial charge in [0.1, 0.15) is 0 Å². The smallest absolute Gasteiger partial charge is 0.308 e. The van der Waals surface area contributed by atoms with E-state index in [1.165, 1.54) is 0 Å². The summed E-state index contributed by atoms with van der Waals surface area (Å²) in [5.74, 6) is -0.978. The Kier molecular flexibility index (Phi) is 3.40. The van der Waals surface area contributed by atoms with Crippen molar-refractivity contribution >= 4 is 5.97 Å². The minimum atomic E-state index is -0.723. The molecule has 2 N–H and O–H groups in total. The summed E-state index contributed by atoms with van der Waals surface area (Å²) in [6, 6.07) is 9.50. The van der Waals surface area contributed by atoms with Crippen molar-refractivity contribution in [2.45, 2.75) is 25.4 Å². The zero-order valence-electron chi connectivity index (χ0n) is 9.39. The average Bonchev–Trinajstić information content (AvgIpc) is 2.27. The van der Waals surface area contributed by atoms with Crippen LogP contribution in [0.2, 0.25) is 0 Å². The second kappa shape index (κ2) is 4.98. The van der Waals surface area contributed by atoms with Gasteiger partial charge in [-0.1, -0.05) is 12.1 Å². The molecule has 4 heteroatoms. The molecule has 1 fully saturated rings. The van der Waals surface area contributed by atoms with Gasteiger partial charge < -0.3 is 10.4 Å². The molecule has 88 valence electrons.